The largest absolute Gasteiger partial charge is 0.345 e. The highest BCUT2D eigenvalue weighted by Crippen LogP contribution is 2.03. The van der Waals surface area contributed by atoms with Crippen molar-refractivity contribution in [1.29, 1.82) is 0 Å². The third kappa shape index (κ3) is 6.97. The van der Waals surface area contributed by atoms with E-state index in [0.717, 1.165) is 19.4 Å². The van der Waals surface area contributed by atoms with E-state index in [1.165, 1.54) is 5.56 Å². The lowest BCUT2D eigenvalue weighted by molar-refractivity contribution is -0.129. The van der Waals surface area contributed by atoms with Crippen LogP contribution in [0, 0.1) is 0 Å². The summed E-state index contributed by atoms with van der Waals surface area (Å²) in [4.78, 5) is 13.7. The predicted molar refractivity (Wildman–Crippen MR) is 80.2 cm³/mol. The van der Waals surface area contributed by atoms with Crippen LogP contribution in [-0.4, -0.2) is 36.5 Å². The molecule has 0 aliphatic carbocycles. The van der Waals surface area contributed by atoms with Crippen LogP contribution in [0.4, 0.5) is 0 Å². The van der Waals surface area contributed by atoms with Gasteiger partial charge in [0.15, 0.2) is 0 Å². The number of amides is 1. The van der Waals surface area contributed by atoms with Crippen molar-refractivity contribution < 1.29 is 4.79 Å². The first-order valence-corrected chi connectivity index (χ1v) is 6.91. The zero-order valence-corrected chi connectivity index (χ0v) is 12.6. The molecule has 0 fully saturated rings. The Morgan fingerprint density at radius 3 is 2.42 bits per heavy atom. The summed E-state index contributed by atoms with van der Waals surface area (Å²) in [5.41, 5.74) is 1.32. The van der Waals surface area contributed by atoms with Crippen molar-refractivity contribution >= 4 is 5.91 Å². The molecule has 0 saturated carbocycles. The van der Waals surface area contributed by atoms with Crippen molar-refractivity contribution in [1.82, 2.24) is 10.2 Å². The van der Waals surface area contributed by atoms with E-state index in [9.17, 15) is 4.79 Å². The summed E-state index contributed by atoms with van der Waals surface area (Å²) in [6.07, 6.45) is 2.02. The number of rotatable bonds is 6. The molecule has 106 valence electrons. The third-order valence-corrected chi connectivity index (χ3v) is 3.00. The third-order valence-electron chi connectivity index (χ3n) is 3.00. The maximum atomic E-state index is 11.9. The van der Waals surface area contributed by atoms with Crippen LogP contribution < -0.4 is 5.32 Å². The highest BCUT2D eigenvalue weighted by molar-refractivity contribution is 5.78. The smallest absolute Gasteiger partial charge is 0.236 e. The lowest BCUT2D eigenvalue weighted by Crippen LogP contribution is -2.44. The van der Waals surface area contributed by atoms with Crippen LogP contribution >= 0.6 is 0 Å². The molecule has 0 radical (unpaired) electrons. The van der Waals surface area contributed by atoms with Crippen molar-refractivity contribution in [2.24, 2.45) is 0 Å². The molecule has 1 rings (SSSR count). The van der Waals surface area contributed by atoms with Crippen LogP contribution in [0.15, 0.2) is 30.3 Å². The number of carbonyl (C=O) groups is 1. The average molecular weight is 262 g/mol. The summed E-state index contributed by atoms with van der Waals surface area (Å²) in [6.45, 7) is 7.41. The second-order valence-electron chi connectivity index (χ2n) is 6.01. The summed E-state index contributed by atoms with van der Waals surface area (Å²) in [6, 6.07) is 10.4. The van der Waals surface area contributed by atoms with Crippen molar-refractivity contribution in [3.63, 3.8) is 0 Å². The SMILES string of the molecule is CN(CCCc1ccccc1)C(=O)CNC(C)(C)C. The first-order chi connectivity index (χ1) is 8.88. The van der Waals surface area contributed by atoms with Gasteiger partial charge in [0.05, 0.1) is 6.54 Å². The zero-order chi connectivity index (χ0) is 14.3. The van der Waals surface area contributed by atoms with E-state index in [4.69, 9.17) is 0 Å². The normalized spacial score (nSPS) is 11.4. The number of likely N-dealkylation sites (N-methyl/N-ethyl adjacent to an activating group) is 1. The second-order valence-corrected chi connectivity index (χ2v) is 6.01. The van der Waals surface area contributed by atoms with Crippen molar-refractivity contribution in [2.75, 3.05) is 20.1 Å². The minimum absolute atomic E-state index is 0.0134. The summed E-state index contributed by atoms with van der Waals surface area (Å²) in [7, 11) is 1.87. The predicted octanol–water partition coefficient (Wildman–Crippen LogP) is 2.47. The standard InChI is InChI=1S/C16H26N2O/c1-16(2,3)17-13-15(19)18(4)12-8-11-14-9-6-5-7-10-14/h5-7,9-10,17H,8,11-13H2,1-4H3. The van der Waals surface area contributed by atoms with Gasteiger partial charge in [-0.25, -0.2) is 0 Å². The molecule has 0 atom stereocenters. The molecule has 1 aromatic carbocycles. The Hall–Kier alpha value is -1.35. The van der Waals surface area contributed by atoms with Crippen LogP contribution in [0.25, 0.3) is 0 Å². The molecule has 0 spiro atoms. The molecule has 0 heterocycles. The van der Waals surface area contributed by atoms with E-state index < -0.39 is 0 Å². The van der Waals surface area contributed by atoms with Gasteiger partial charge in [0.25, 0.3) is 0 Å². The highest BCUT2D eigenvalue weighted by Gasteiger charge is 2.13. The molecule has 1 N–H and O–H groups in total. The molecule has 19 heavy (non-hydrogen) atoms. The van der Waals surface area contributed by atoms with E-state index in [1.807, 2.05) is 18.0 Å². The lowest BCUT2D eigenvalue weighted by Gasteiger charge is -2.23. The highest BCUT2D eigenvalue weighted by atomic mass is 16.2. The number of aryl methyl sites for hydroxylation is 1. The topological polar surface area (TPSA) is 32.3 Å². The minimum atomic E-state index is -0.0134. The Morgan fingerprint density at radius 1 is 1.21 bits per heavy atom. The van der Waals surface area contributed by atoms with Crippen LogP contribution in [0.1, 0.15) is 32.8 Å². The van der Waals surface area contributed by atoms with Gasteiger partial charge in [-0.2, -0.15) is 0 Å². The molecule has 0 unspecified atom stereocenters. The quantitative estimate of drug-likeness (QED) is 0.854. The maximum Gasteiger partial charge on any atom is 0.236 e. The monoisotopic (exact) mass is 262 g/mol. The van der Waals surface area contributed by atoms with Crippen LogP contribution in [0.5, 0.6) is 0 Å². The second kappa shape index (κ2) is 7.29. The number of carbonyl (C=O) groups excluding carboxylic acids is 1. The Labute approximate surface area is 117 Å². The molecule has 1 aromatic rings. The van der Waals surface area contributed by atoms with Crippen LogP contribution in [0.3, 0.4) is 0 Å². The zero-order valence-electron chi connectivity index (χ0n) is 12.6. The van der Waals surface area contributed by atoms with Gasteiger partial charge in [-0.1, -0.05) is 30.3 Å². The molecule has 3 nitrogen and oxygen atoms in total. The number of nitrogens with one attached hydrogen (secondary N) is 1. The van der Waals surface area contributed by atoms with E-state index >= 15 is 0 Å². The van der Waals surface area contributed by atoms with Crippen molar-refractivity contribution in [3.05, 3.63) is 35.9 Å². The summed E-state index contributed by atoms with van der Waals surface area (Å²) in [5.74, 6) is 0.156. The number of benzene rings is 1. The molecule has 1 amide bonds. The van der Waals surface area contributed by atoms with Gasteiger partial charge in [-0.15, -0.1) is 0 Å². The minimum Gasteiger partial charge on any atom is -0.345 e. The average Bonchev–Trinajstić information content (AvgIpc) is 2.36. The molecule has 0 aliphatic heterocycles. The Morgan fingerprint density at radius 2 is 1.84 bits per heavy atom. The van der Waals surface area contributed by atoms with Gasteiger partial charge in [-0.3, -0.25) is 4.79 Å². The number of hydrogen-bond donors (Lipinski definition) is 1. The molecule has 3 heteroatoms. The lowest BCUT2D eigenvalue weighted by atomic mass is 10.1. The van der Waals surface area contributed by atoms with E-state index in [1.54, 1.807) is 0 Å². The summed E-state index contributed by atoms with van der Waals surface area (Å²) in [5, 5.41) is 3.22. The molecule has 0 saturated heterocycles. The molecule has 0 bridgehead atoms. The maximum absolute atomic E-state index is 11.9. The first kappa shape index (κ1) is 15.7. The number of hydrogen-bond acceptors (Lipinski definition) is 2. The fraction of sp³-hybridized carbons (Fsp3) is 0.562. The van der Waals surface area contributed by atoms with E-state index in [2.05, 4.69) is 50.4 Å². The van der Waals surface area contributed by atoms with Crippen LogP contribution in [0.2, 0.25) is 0 Å². The Balaban J connectivity index is 2.23. The number of nitrogens with zero attached hydrogens (tertiary/aromatic N) is 1. The fourth-order valence-corrected chi connectivity index (χ4v) is 1.77. The Bertz CT molecular complexity index is 381. The molecule has 0 aliphatic rings. The molecular weight excluding hydrogens is 236 g/mol. The van der Waals surface area contributed by atoms with Crippen LogP contribution in [-0.2, 0) is 11.2 Å². The van der Waals surface area contributed by atoms with Gasteiger partial charge in [0.1, 0.15) is 0 Å². The summed E-state index contributed by atoms with van der Waals surface area (Å²) < 4.78 is 0. The van der Waals surface area contributed by atoms with E-state index in [-0.39, 0.29) is 11.4 Å². The first-order valence-electron chi connectivity index (χ1n) is 6.91. The molecular formula is C16H26N2O. The van der Waals surface area contributed by atoms with Gasteiger partial charge >= 0.3 is 0 Å². The summed E-state index contributed by atoms with van der Waals surface area (Å²) >= 11 is 0. The van der Waals surface area contributed by atoms with Gasteiger partial charge in [0, 0.05) is 19.1 Å². The fourth-order valence-electron chi connectivity index (χ4n) is 1.77. The van der Waals surface area contributed by atoms with Crippen molar-refractivity contribution in [2.45, 2.75) is 39.2 Å². The van der Waals surface area contributed by atoms with E-state index in [0.29, 0.717) is 6.54 Å². The molecule has 0 aromatic heterocycles. The van der Waals surface area contributed by atoms with Gasteiger partial charge in [0.2, 0.25) is 5.91 Å². The Kier molecular flexibility index (Phi) is 6.03. The van der Waals surface area contributed by atoms with Crippen molar-refractivity contribution in [3.8, 4) is 0 Å². The van der Waals surface area contributed by atoms with Gasteiger partial charge in [-0.05, 0) is 39.2 Å². The van der Waals surface area contributed by atoms with Gasteiger partial charge < -0.3 is 10.2 Å².